The molecule has 1 fully saturated rings. The molecule has 0 spiro atoms. The average molecular weight is 259 g/mol. The Bertz CT molecular complexity index is 478. The van der Waals surface area contributed by atoms with E-state index in [9.17, 15) is 9.90 Å². The number of rotatable bonds is 3. The number of aliphatic carboxylic acids is 1. The van der Waals surface area contributed by atoms with Crippen molar-refractivity contribution in [1.82, 2.24) is 4.90 Å². The van der Waals surface area contributed by atoms with E-state index in [1.165, 1.54) is 24.0 Å². The van der Waals surface area contributed by atoms with Crippen molar-refractivity contribution in [3.05, 3.63) is 34.9 Å². The number of hydrogen-bond donors (Lipinski definition) is 1. The Labute approximate surface area is 114 Å². The summed E-state index contributed by atoms with van der Waals surface area (Å²) in [6.45, 7) is 1.82. The molecule has 1 atom stereocenters. The second-order valence-electron chi connectivity index (χ2n) is 5.72. The summed E-state index contributed by atoms with van der Waals surface area (Å²) in [6.07, 6.45) is 6.99. The standard InChI is InChI=1S/C16H21NO2/c18-16(19)15(17-9-3-4-10-17)14-8-7-12-5-1-2-6-13(12)11-14/h7-8,11,15H,1-6,9-10H2,(H,18,19). The van der Waals surface area contributed by atoms with Crippen LogP contribution in [0.15, 0.2) is 18.2 Å². The maximum atomic E-state index is 11.6. The molecule has 1 N–H and O–H groups in total. The first-order valence-corrected chi connectivity index (χ1v) is 7.34. The van der Waals surface area contributed by atoms with Crippen molar-refractivity contribution in [3.63, 3.8) is 0 Å². The van der Waals surface area contributed by atoms with Crippen LogP contribution in [0.2, 0.25) is 0 Å². The summed E-state index contributed by atoms with van der Waals surface area (Å²) < 4.78 is 0. The van der Waals surface area contributed by atoms with Crippen molar-refractivity contribution in [2.24, 2.45) is 0 Å². The van der Waals surface area contributed by atoms with Gasteiger partial charge >= 0.3 is 5.97 Å². The second kappa shape index (κ2) is 5.33. The van der Waals surface area contributed by atoms with E-state index in [1.54, 1.807) is 0 Å². The number of carbonyl (C=O) groups is 1. The lowest BCUT2D eigenvalue weighted by Crippen LogP contribution is -2.31. The minimum atomic E-state index is -0.711. The second-order valence-corrected chi connectivity index (χ2v) is 5.72. The number of carboxylic acid groups (broad SMARTS) is 1. The molecular formula is C16H21NO2. The van der Waals surface area contributed by atoms with Gasteiger partial charge in [0.25, 0.3) is 0 Å². The summed E-state index contributed by atoms with van der Waals surface area (Å²) >= 11 is 0. The molecule has 1 aromatic rings. The number of likely N-dealkylation sites (tertiary alicyclic amines) is 1. The molecule has 1 aliphatic heterocycles. The summed E-state index contributed by atoms with van der Waals surface area (Å²) in [7, 11) is 0. The monoisotopic (exact) mass is 259 g/mol. The van der Waals surface area contributed by atoms with Crippen LogP contribution in [-0.2, 0) is 17.6 Å². The molecule has 1 saturated heterocycles. The third-order valence-electron chi connectivity index (χ3n) is 4.43. The quantitative estimate of drug-likeness (QED) is 0.907. The van der Waals surface area contributed by atoms with Crippen LogP contribution in [0.1, 0.15) is 48.4 Å². The normalized spacial score (nSPS) is 21.1. The van der Waals surface area contributed by atoms with Gasteiger partial charge in [-0.2, -0.15) is 0 Å². The third-order valence-corrected chi connectivity index (χ3v) is 4.43. The molecule has 1 aliphatic carbocycles. The molecule has 3 rings (SSSR count). The Kier molecular flexibility index (Phi) is 3.56. The largest absolute Gasteiger partial charge is 0.480 e. The van der Waals surface area contributed by atoms with Crippen molar-refractivity contribution >= 4 is 5.97 Å². The van der Waals surface area contributed by atoms with Crippen LogP contribution in [0, 0.1) is 0 Å². The van der Waals surface area contributed by atoms with Crippen molar-refractivity contribution in [1.29, 1.82) is 0 Å². The van der Waals surface area contributed by atoms with Crippen molar-refractivity contribution in [3.8, 4) is 0 Å². The van der Waals surface area contributed by atoms with Gasteiger partial charge in [0.2, 0.25) is 0 Å². The Morgan fingerprint density at radius 2 is 1.74 bits per heavy atom. The Hall–Kier alpha value is -1.35. The first-order chi connectivity index (χ1) is 9.25. The molecule has 19 heavy (non-hydrogen) atoms. The lowest BCUT2D eigenvalue weighted by atomic mass is 9.89. The van der Waals surface area contributed by atoms with Gasteiger partial charge in [-0.05, 0) is 68.3 Å². The van der Waals surface area contributed by atoms with Crippen LogP contribution in [0.4, 0.5) is 0 Å². The molecule has 0 aromatic heterocycles. The zero-order chi connectivity index (χ0) is 13.2. The zero-order valence-electron chi connectivity index (χ0n) is 11.3. The van der Waals surface area contributed by atoms with Crippen LogP contribution in [0.5, 0.6) is 0 Å². The van der Waals surface area contributed by atoms with Crippen LogP contribution >= 0.6 is 0 Å². The highest BCUT2D eigenvalue weighted by molar-refractivity contribution is 5.75. The van der Waals surface area contributed by atoms with Gasteiger partial charge in [0.1, 0.15) is 6.04 Å². The summed E-state index contributed by atoms with van der Waals surface area (Å²) in [5.41, 5.74) is 3.75. The van der Waals surface area contributed by atoms with E-state index >= 15 is 0 Å². The number of nitrogens with zero attached hydrogens (tertiary/aromatic N) is 1. The van der Waals surface area contributed by atoms with Crippen LogP contribution in [0.25, 0.3) is 0 Å². The molecule has 102 valence electrons. The van der Waals surface area contributed by atoms with Gasteiger partial charge in [-0.25, -0.2) is 0 Å². The zero-order valence-corrected chi connectivity index (χ0v) is 11.3. The first-order valence-electron chi connectivity index (χ1n) is 7.34. The molecule has 2 aliphatic rings. The van der Waals surface area contributed by atoms with Gasteiger partial charge in [-0.15, -0.1) is 0 Å². The number of benzene rings is 1. The molecule has 3 nitrogen and oxygen atoms in total. The van der Waals surface area contributed by atoms with E-state index in [0.29, 0.717) is 0 Å². The average Bonchev–Trinajstić information content (AvgIpc) is 2.92. The highest BCUT2D eigenvalue weighted by Crippen LogP contribution is 2.29. The van der Waals surface area contributed by atoms with E-state index in [4.69, 9.17) is 0 Å². The Balaban J connectivity index is 1.91. The maximum Gasteiger partial charge on any atom is 0.325 e. The first kappa shape index (κ1) is 12.7. The fourth-order valence-corrected chi connectivity index (χ4v) is 3.43. The van der Waals surface area contributed by atoms with Gasteiger partial charge in [0, 0.05) is 0 Å². The van der Waals surface area contributed by atoms with Crippen molar-refractivity contribution < 1.29 is 9.90 Å². The van der Waals surface area contributed by atoms with E-state index in [0.717, 1.165) is 44.3 Å². The number of fused-ring (bicyclic) bond motifs is 1. The van der Waals surface area contributed by atoms with E-state index in [2.05, 4.69) is 17.0 Å². The van der Waals surface area contributed by atoms with Crippen molar-refractivity contribution in [2.45, 2.75) is 44.6 Å². The van der Waals surface area contributed by atoms with E-state index in [1.807, 2.05) is 6.07 Å². The van der Waals surface area contributed by atoms with Crippen LogP contribution in [0.3, 0.4) is 0 Å². The summed E-state index contributed by atoms with van der Waals surface area (Å²) in [6, 6.07) is 5.87. The maximum absolute atomic E-state index is 11.6. The Morgan fingerprint density at radius 3 is 2.42 bits per heavy atom. The minimum absolute atomic E-state index is 0.449. The number of hydrogen-bond acceptors (Lipinski definition) is 2. The van der Waals surface area contributed by atoms with Gasteiger partial charge in [0.05, 0.1) is 0 Å². The fourth-order valence-electron chi connectivity index (χ4n) is 3.43. The SMILES string of the molecule is O=C(O)C(c1ccc2c(c1)CCCC2)N1CCCC1. The van der Waals surface area contributed by atoms with Gasteiger partial charge in [-0.1, -0.05) is 18.2 Å². The number of carboxylic acids is 1. The highest BCUT2D eigenvalue weighted by atomic mass is 16.4. The molecular weight excluding hydrogens is 238 g/mol. The topological polar surface area (TPSA) is 40.5 Å². The lowest BCUT2D eigenvalue weighted by molar-refractivity contribution is -0.143. The van der Waals surface area contributed by atoms with Gasteiger partial charge < -0.3 is 5.11 Å². The summed E-state index contributed by atoms with van der Waals surface area (Å²) in [5, 5.41) is 9.55. The predicted octanol–water partition coefficient (Wildman–Crippen LogP) is 2.79. The molecule has 1 unspecified atom stereocenters. The molecule has 0 bridgehead atoms. The van der Waals surface area contributed by atoms with E-state index < -0.39 is 12.0 Å². The minimum Gasteiger partial charge on any atom is -0.480 e. The van der Waals surface area contributed by atoms with Gasteiger partial charge in [0.15, 0.2) is 0 Å². The molecule has 1 aromatic carbocycles. The van der Waals surface area contributed by atoms with Crippen molar-refractivity contribution in [2.75, 3.05) is 13.1 Å². The van der Waals surface area contributed by atoms with E-state index in [-0.39, 0.29) is 0 Å². The molecule has 0 amide bonds. The molecule has 0 saturated carbocycles. The third kappa shape index (κ3) is 2.52. The van der Waals surface area contributed by atoms with Gasteiger partial charge in [-0.3, -0.25) is 9.69 Å². The molecule has 1 heterocycles. The lowest BCUT2D eigenvalue weighted by Gasteiger charge is -2.25. The van der Waals surface area contributed by atoms with Crippen LogP contribution < -0.4 is 0 Å². The predicted molar refractivity (Wildman–Crippen MR) is 74.3 cm³/mol. The summed E-state index contributed by atoms with van der Waals surface area (Å²) in [4.78, 5) is 13.7. The molecule has 3 heteroatoms. The summed E-state index contributed by atoms with van der Waals surface area (Å²) in [5.74, 6) is -0.711. The smallest absolute Gasteiger partial charge is 0.325 e. The van der Waals surface area contributed by atoms with Crippen LogP contribution in [-0.4, -0.2) is 29.1 Å². The Morgan fingerprint density at radius 1 is 1.05 bits per heavy atom. The highest BCUT2D eigenvalue weighted by Gasteiger charge is 2.29. The molecule has 0 radical (unpaired) electrons. The fraction of sp³-hybridized carbons (Fsp3) is 0.562. The number of aryl methyl sites for hydroxylation is 2.